The largest absolute Gasteiger partial charge is 0.481 e. The number of aliphatic carboxylic acids is 1. The summed E-state index contributed by atoms with van der Waals surface area (Å²) in [5.41, 5.74) is 0. The molecule has 2 aliphatic rings. The first-order valence-electron chi connectivity index (χ1n) is 8.92. The van der Waals surface area contributed by atoms with Crippen molar-refractivity contribution in [1.82, 2.24) is 5.32 Å². The van der Waals surface area contributed by atoms with Gasteiger partial charge in [-0.25, -0.2) is 4.79 Å². The van der Waals surface area contributed by atoms with E-state index in [9.17, 15) is 9.59 Å². The maximum absolute atomic E-state index is 11.7. The van der Waals surface area contributed by atoms with Crippen molar-refractivity contribution in [1.29, 1.82) is 0 Å². The summed E-state index contributed by atoms with van der Waals surface area (Å²) in [6.07, 6.45) is 3.74. The molecule has 0 spiro atoms. The molecule has 3 atom stereocenters. The first kappa shape index (κ1) is 19.5. The third kappa shape index (κ3) is 7.76. The number of rotatable bonds is 11. The van der Waals surface area contributed by atoms with E-state index in [2.05, 4.69) is 17.2 Å². The first-order valence-corrected chi connectivity index (χ1v) is 8.92. The first-order chi connectivity index (χ1) is 12.2. The standard InChI is InChI=1S/C18H27NO6/c20-17(21)7-9-23-11-12-24-10-8-19-18(22)25-13-16-14-5-3-1-2-4-6-15(14)16/h14-16H,3-13H2,(H,19,22)(H,20,21)/t14-,15+,16?. The van der Waals surface area contributed by atoms with Gasteiger partial charge in [0.2, 0.25) is 0 Å². The Labute approximate surface area is 148 Å². The van der Waals surface area contributed by atoms with E-state index in [1.54, 1.807) is 0 Å². The van der Waals surface area contributed by atoms with Crippen LogP contribution in [-0.4, -0.2) is 56.7 Å². The average Bonchev–Trinajstić information content (AvgIpc) is 3.20. The second-order valence-electron chi connectivity index (χ2n) is 6.32. The van der Waals surface area contributed by atoms with Gasteiger partial charge < -0.3 is 24.6 Å². The summed E-state index contributed by atoms with van der Waals surface area (Å²) < 4.78 is 15.7. The number of carbonyl (C=O) groups excluding carboxylic acids is 1. The van der Waals surface area contributed by atoms with Crippen molar-refractivity contribution in [3.05, 3.63) is 0 Å². The highest BCUT2D eigenvalue weighted by molar-refractivity contribution is 5.67. The molecule has 1 unspecified atom stereocenters. The van der Waals surface area contributed by atoms with E-state index in [-0.39, 0.29) is 13.0 Å². The number of ether oxygens (including phenoxy) is 3. The summed E-state index contributed by atoms with van der Waals surface area (Å²) in [5, 5.41) is 11.1. The van der Waals surface area contributed by atoms with Gasteiger partial charge in [0.25, 0.3) is 0 Å². The minimum Gasteiger partial charge on any atom is -0.481 e. The second kappa shape index (κ2) is 11.0. The van der Waals surface area contributed by atoms with Crippen molar-refractivity contribution >= 4 is 12.1 Å². The molecule has 140 valence electrons. The summed E-state index contributed by atoms with van der Waals surface area (Å²) in [5.74, 6) is 7.30. The molecule has 1 saturated carbocycles. The molecule has 7 nitrogen and oxygen atoms in total. The number of amides is 1. The van der Waals surface area contributed by atoms with Crippen LogP contribution in [0.25, 0.3) is 0 Å². The molecule has 0 heterocycles. The van der Waals surface area contributed by atoms with Gasteiger partial charge in [-0.05, 0) is 30.6 Å². The molecule has 2 rings (SSSR count). The van der Waals surface area contributed by atoms with Gasteiger partial charge in [0.1, 0.15) is 0 Å². The van der Waals surface area contributed by atoms with Gasteiger partial charge in [-0.2, -0.15) is 0 Å². The van der Waals surface area contributed by atoms with Crippen molar-refractivity contribution in [2.24, 2.45) is 17.8 Å². The predicted octanol–water partition coefficient (Wildman–Crippen LogP) is 1.66. The summed E-state index contributed by atoms with van der Waals surface area (Å²) in [6.45, 7) is 2.11. The van der Waals surface area contributed by atoms with Crippen LogP contribution in [0.2, 0.25) is 0 Å². The van der Waals surface area contributed by atoms with Crippen molar-refractivity contribution in [3.63, 3.8) is 0 Å². The SMILES string of the molecule is O=C(O)CCOCCOCCNC(=O)OCC1[C@H]2CCC#CCC[C@@H]12. The van der Waals surface area contributed by atoms with Crippen LogP contribution in [-0.2, 0) is 19.0 Å². The van der Waals surface area contributed by atoms with Crippen molar-refractivity contribution in [2.45, 2.75) is 32.1 Å². The van der Waals surface area contributed by atoms with Gasteiger partial charge in [0.15, 0.2) is 0 Å². The lowest BCUT2D eigenvalue weighted by molar-refractivity contribution is -0.138. The van der Waals surface area contributed by atoms with Crippen LogP contribution in [0.5, 0.6) is 0 Å². The maximum atomic E-state index is 11.7. The van der Waals surface area contributed by atoms with E-state index in [1.165, 1.54) is 0 Å². The number of hydrogen-bond donors (Lipinski definition) is 2. The van der Waals surface area contributed by atoms with E-state index in [0.717, 1.165) is 25.7 Å². The molecule has 0 aromatic carbocycles. The molecule has 2 aliphatic carbocycles. The minimum atomic E-state index is -0.881. The van der Waals surface area contributed by atoms with E-state index in [0.29, 0.717) is 50.7 Å². The third-order valence-electron chi connectivity index (χ3n) is 4.59. The Kier molecular flexibility index (Phi) is 8.56. The minimum absolute atomic E-state index is 0.0108. The average molecular weight is 353 g/mol. The number of hydrogen-bond acceptors (Lipinski definition) is 5. The second-order valence-corrected chi connectivity index (χ2v) is 6.32. The fraction of sp³-hybridized carbons (Fsp3) is 0.778. The fourth-order valence-electron chi connectivity index (χ4n) is 3.21. The number of carboxylic acid groups (broad SMARTS) is 1. The van der Waals surface area contributed by atoms with Crippen LogP contribution in [0.3, 0.4) is 0 Å². The lowest BCUT2D eigenvalue weighted by Crippen LogP contribution is -2.29. The van der Waals surface area contributed by atoms with Gasteiger partial charge in [-0.1, -0.05) is 0 Å². The molecule has 2 N–H and O–H groups in total. The zero-order valence-corrected chi connectivity index (χ0v) is 14.5. The summed E-state index contributed by atoms with van der Waals surface area (Å²) in [6, 6.07) is 0. The highest BCUT2D eigenvalue weighted by atomic mass is 16.6. The molecule has 0 aromatic heterocycles. The summed E-state index contributed by atoms with van der Waals surface area (Å²) in [7, 11) is 0. The summed E-state index contributed by atoms with van der Waals surface area (Å²) in [4.78, 5) is 21.9. The molecule has 0 bridgehead atoms. The van der Waals surface area contributed by atoms with Crippen LogP contribution in [0.4, 0.5) is 4.79 Å². The Hall–Kier alpha value is -1.78. The Balaban J connectivity index is 1.40. The molecule has 1 amide bonds. The molecular formula is C18H27NO6. The quantitative estimate of drug-likeness (QED) is 0.433. The van der Waals surface area contributed by atoms with Crippen LogP contribution in [0.1, 0.15) is 32.1 Å². The number of alkyl carbamates (subject to hydrolysis) is 1. The third-order valence-corrected chi connectivity index (χ3v) is 4.59. The molecule has 0 aliphatic heterocycles. The number of fused-ring (bicyclic) bond motifs is 1. The van der Waals surface area contributed by atoms with Crippen LogP contribution < -0.4 is 5.32 Å². The van der Waals surface area contributed by atoms with E-state index in [1.807, 2.05) is 0 Å². The molecule has 0 radical (unpaired) electrons. The maximum Gasteiger partial charge on any atom is 0.407 e. The topological polar surface area (TPSA) is 94.1 Å². The number of carbonyl (C=O) groups is 2. The Morgan fingerprint density at radius 1 is 1.00 bits per heavy atom. The highest BCUT2D eigenvalue weighted by Crippen LogP contribution is 2.52. The van der Waals surface area contributed by atoms with Crippen LogP contribution >= 0.6 is 0 Å². The predicted molar refractivity (Wildman–Crippen MR) is 90.0 cm³/mol. The molecule has 7 heteroatoms. The summed E-state index contributed by atoms with van der Waals surface area (Å²) >= 11 is 0. The van der Waals surface area contributed by atoms with Crippen LogP contribution in [0, 0.1) is 29.6 Å². The molecule has 0 saturated heterocycles. The van der Waals surface area contributed by atoms with Gasteiger partial charge in [0.05, 0.1) is 39.5 Å². The molecule has 1 fully saturated rings. The molecule has 25 heavy (non-hydrogen) atoms. The van der Waals surface area contributed by atoms with E-state index in [4.69, 9.17) is 19.3 Å². The number of carboxylic acids is 1. The Morgan fingerprint density at radius 2 is 1.64 bits per heavy atom. The van der Waals surface area contributed by atoms with Gasteiger partial charge >= 0.3 is 12.1 Å². The Bertz CT molecular complexity index is 480. The van der Waals surface area contributed by atoms with Gasteiger partial charge in [-0.3, -0.25) is 4.79 Å². The fourth-order valence-corrected chi connectivity index (χ4v) is 3.21. The normalized spacial score (nSPS) is 24.1. The van der Waals surface area contributed by atoms with Gasteiger partial charge in [-0.15, -0.1) is 11.8 Å². The smallest absolute Gasteiger partial charge is 0.407 e. The van der Waals surface area contributed by atoms with Crippen molar-refractivity contribution < 1.29 is 28.9 Å². The van der Waals surface area contributed by atoms with E-state index >= 15 is 0 Å². The van der Waals surface area contributed by atoms with Crippen LogP contribution in [0.15, 0.2) is 0 Å². The zero-order valence-electron chi connectivity index (χ0n) is 14.5. The molecular weight excluding hydrogens is 326 g/mol. The monoisotopic (exact) mass is 353 g/mol. The van der Waals surface area contributed by atoms with E-state index < -0.39 is 12.1 Å². The molecule has 0 aromatic rings. The highest BCUT2D eigenvalue weighted by Gasteiger charge is 2.49. The Morgan fingerprint density at radius 3 is 2.28 bits per heavy atom. The zero-order chi connectivity index (χ0) is 17.9. The lowest BCUT2D eigenvalue weighted by atomic mass is 10.1. The van der Waals surface area contributed by atoms with Gasteiger partial charge in [0, 0.05) is 19.4 Å². The number of nitrogens with one attached hydrogen (secondary N) is 1. The van der Waals surface area contributed by atoms with Crippen molar-refractivity contribution in [2.75, 3.05) is 39.6 Å². The van der Waals surface area contributed by atoms with Crippen molar-refractivity contribution in [3.8, 4) is 11.8 Å². The lowest BCUT2D eigenvalue weighted by Gasteiger charge is -2.08.